The zero-order valence-electron chi connectivity index (χ0n) is 12.4. The Hall–Kier alpha value is 0.457. The molecule has 0 atom stereocenters. The van der Waals surface area contributed by atoms with Gasteiger partial charge in [0.05, 0.1) is 0 Å². The number of carbonyl (C=O) groups is 2. The first kappa shape index (κ1) is 20.8. The minimum absolute atomic E-state index is 0.382. The summed E-state index contributed by atoms with van der Waals surface area (Å²) in [7, 11) is 3.42. The number of rotatable bonds is 4. The molecule has 0 aliphatic heterocycles. The minimum atomic E-state index is -3.23. The van der Waals surface area contributed by atoms with Crippen LogP contribution in [0.15, 0.2) is 0 Å². The first-order valence-corrected chi connectivity index (χ1v) is 21.5. The van der Waals surface area contributed by atoms with Gasteiger partial charge < -0.3 is 0 Å². The fraction of sp³-hybridized carbons (Fsp3) is 0.800. The Morgan fingerprint density at radius 1 is 0.722 bits per heavy atom. The maximum absolute atomic E-state index is 10.5. The molecule has 8 heteroatoms. The van der Waals surface area contributed by atoms with E-state index in [4.69, 9.17) is 12.3 Å². The van der Waals surface area contributed by atoms with Gasteiger partial charge in [0.2, 0.25) is 0 Å². The van der Waals surface area contributed by atoms with Crippen LogP contribution in [0.1, 0.15) is 13.8 Å². The summed E-state index contributed by atoms with van der Waals surface area (Å²) >= 11 is -5.52. The Balaban J connectivity index is 0. The molecule has 0 aromatic carbocycles. The fourth-order valence-corrected chi connectivity index (χ4v) is 5.34. The average Bonchev–Trinajstić information content (AvgIpc) is 2.14. The molecule has 0 saturated carbocycles. The van der Waals surface area contributed by atoms with Crippen LogP contribution in [-0.2, 0) is 21.9 Å². The van der Waals surface area contributed by atoms with Crippen LogP contribution in [0.2, 0.25) is 19.8 Å². The molecule has 0 unspecified atom stereocenters. The third-order valence-corrected chi connectivity index (χ3v) is 11.8. The van der Waals surface area contributed by atoms with Crippen LogP contribution >= 0.6 is 0 Å². The van der Waals surface area contributed by atoms with Gasteiger partial charge >= 0.3 is 120 Å². The van der Waals surface area contributed by atoms with Crippen LogP contribution < -0.4 is 0 Å². The first-order chi connectivity index (χ1) is 7.95. The molecule has 0 radical (unpaired) electrons. The molecule has 0 bridgehead atoms. The van der Waals surface area contributed by atoms with E-state index in [0.29, 0.717) is 0 Å². The third kappa shape index (κ3) is 14.5. The van der Waals surface area contributed by atoms with E-state index < -0.39 is 38.4 Å². The van der Waals surface area contributed by atoms with Crippen molar-refractivity contribution in [2.24, 2.45) is 0 Å². The van der Waals surface area contributed by atoms with Crippen molar-refractivity contribution in [1.82, 2.24) is 0 Å². The Kier molecular flexibility index (Phi) is 10.8. The van der Waals surface area contributed by atoms with Gasteiger partial charge in [-0.1, -0.05) is 0 Å². The molecule has 0 fully saturated rings. The molecule has 0 aliphatic rings. The Morgan fingerprint density at radius 2 is 1.00 bits per heavy atom. The Morgan fingerprint density at radius 3 is 1.11 bits per heavy atom. The zero-order chi connectivity index (χ0) is 15.0. The summed E-state index contributed by atoms with van der Waals surface area (Å²) < 4.78 is 19.9. The van der Waals surface area contributed by atoms with Crippen LogP contribution in [0.5, 0.6) is 0 Å². The van der Waals surface area contributed by atoms with E-state index in [0.717, 1.165) is 0 Å². The van der Waals surface area contributed by atoms with Crippen molar-refractivity contribution < 1.29 is 21.9 Å². The molecular formula is C10H24O6Sn2. The van der Waals surface area contributed by atoms with E-state index >= 15 is 0 Å². The zero-order valence-corrected chi connectivity index (χ0v) is 18.2. The quantitative estimate of drug-likeness (QED) is 0.575. The van der Waals surface area contributed by atoms with Crippen molar-refractivity contribution in [3.63, 3.8) is 0 Å². The predicted octanol–water partition coefficient (Wildman–Crippen LogP) is 1.80. The van der Waals surface area contributed by atoms with Gasteiger partial charge in [0, 0.05) is 0 Å². The SMILES string of the molecule is CC(=O)[O][Sn]([CH3])([CH3])[O]C(C)=O.C[O][Sn]([CH3])([CH3])[O]C. The second-order valence-corrected chi connectivity index (χ2v) is 23.9. The van der Waals surface area contributed by atoms with Crippen LogP contribution in [0, 0.1) is 0 Å². The van der Waals surface area contributed by atoms with Crippen LogP contribution in [-0.4, -0.2) is 64.6 Å². The van der Waals surface area contributed by atoms with E-state index in [1.807, 2.05) is 0 Å². The second kappa shape index (κ2) is 9.38. The number of hydrogen-bond acceptors (Lipinski definition) is 6. The van der Waals surface area contributed by atoms with E-state index in [1.165, 1.54) is 13.8 Å². The summed E-state index contributed by atoms with van der Waals surface area (Å²) in [6, 6.07) is 0. The summed E-state index contributed by atoms with van der Waals surface area (Å²) in [5, 5.41) is 0. The molecule has 0 rings (SSSR count). The van der Waals surface area contributed by atoms with Crippen molar-refractivity contribution in [2.45, 2.75) is 33.6 Å². The summed E-state index contributed by atoms with van der Waals surface area (Å²) in [4.78, 5) is 28.5. The molecule has 6 nitrogen and oxygen atoms in total. The van der Waals surface area contributed by atoms with Crippen molar-refractivity contribution in [1.29, 1.82) is 0 Å². The van der Waals surface area contributed by atoms with Gasteiger partial charge in [0.1, 0.15) is 0 Å². The molecule has 0 aromatic heterocycles. The normalized spacial score (nSPS) is 11.1. The molecule has 0 aliphatic carbocycles. The molecule has 18 heavy (non-hydrogen) atoms. The van der Waals surface area contributed by atoms with Crippen molar-refractivity contribution >= 4 is 50.3 Å². The van der Waals surface area contributed by atoms with E-state index in [-0.39, 0.29) is 11.9 Å². The van der Waals surface area contributed by atoms with E-state index in [1.54, 1.807) is 24.1 Å². The average molecular weight is 478 g/mol. The van der Waals surface area contributed by atoms with Gasteiger partial charge in [0.15, 0.2) is 0 Å². The van der Waals surface area contributed by atoms with Gasteiger partial charge in [-0.25, -0.2) is 0 Å². The van der Waals surface area contributed by atoms with Crippen LogP contribution in [0.25, 0.3) is 0 Å². The number of hydrogen-bond donors (Lipinski definition) is 0. The third-order valence-electron chi connectivity index (χ3n) is 1.76. The van der Waals surface area contributed by atoms with Crippen molar-refractivity contribution in [2.75, 3.05) is 14.2 Å². The van der Waals surface area contributed by atoms with Gasteiger partial charge in [-0.05, 0) is 0 Å². The monoisotopic (exact) mass is 480 g/mol. The Bertz CT molecular complexity index is 254. The van der Waals surface area contributed by atoms with Gasteiger partial charge in [-0.3, -0.25) is 0 Å². The first-order valence-electron chi connectivity index (χ1n) is 5.45. The molecule has 0 aromatic rings. The molecule has 0 N–H and O–H groups in total. The summed E-state index contributed by atoms with van der Waals surface area (Å²) in [6.45, 7) is 2.62. The fourth-order valence-electron chi connectivity index (χ4n) is 0.796. The van der Waals surface area contributed by atoms with Crippen molar-refractivity contribution in [3.8, 4) is 0 Å². The maximum atomic E-state index is 10.5. The standard InChI is InChI=1S/2C2H4O2.2CH3O.4CH3.2Sn/c2*1-2(3)4;2*1-2;;;;;;/h2*1H3,(H,3,4);2*1H3;4*1H3;;/q;;2*-1;;;;;2*+2/p-2. The van der Waals surface area contributed by atoms with Gasteiger partial charge in [0.25, 0.3) is 0 Å². The topological polar surface area (TPSA) is 71.1 Å². The second-order valence-electron chi connectivity index (χ2n) is 4.40. The number of carbonyl (C=O) groups excluding carboxylic acids is 2. The molecule has 0 heterocycles. The van der Waals surface area contributed by atoms with E-state index in [2.05, 4.69) is 9.88 Å². The van der Waals surface area contributed by atoms with Crippen LogP contribution in [0.3, 0.4) is 0 Å². The molecule has 0 spiro atoms. The van der Waals surface area contributed by atoms with Crippen molar-refractivity contribution in [3.05, 3.63) is 0 Å². The molecular weight excluding hydrogens is 454 g/mol. The van der Waals surface area contributed by atoms with Crippen LogP contribution in [0.4, 0.5) is 0 Å². The molecule has 108 valence electrons. The molecule has 0 amide bonds. The van der Waals surface area contributed by atoms with E-state index in [9.17, 15) is 9.59 Å². The summed E-state index contributed by atoms with van der Waals surface area (Å²) in [5.74, 6) is -0.765. The predicted molar refractivity (Wildman–Crippen MR) is 72.5 cm³/mol. The summed E-state index contributed by atoms with van der Waals surface area (Å²) in [5.41, 5.74) is 0. The molecule has 0 saturated heterocycles. The van der Waals surface area contributed by atoms with Gasteiger partial charge in [-0.2, -0.15) is 0 Å². The summed E-state index contributed by atoms with van der Waals surface area (Å²) in [6.07, 6.45) is 0. The van der Waals surface area contributed by atoms with Gasteiger partial charge in [-0.15, -0.1) is 0 Å². The Labute approximate surface area is 119 Å².